The molecule has 3 aromatic rings. The molecule has 0 unspecified atom stereocenters. The van der Waals surface area contributed by atoms with Crippen LogP contribution in [0.3, 0.4) is 0 Å². The number of likely N-dealkylation sites (tertiary alicyclic amines) is 1. The summed E-state index contributed by atoms with van der Waals surface area (Å²) < 4.78 is 5.82. The molecule has 0 radical (unpaired) electrons. The molecule has 2 aliphatic heterocycles. The van der Waals surface area contributed by atoms with Gasteiger partial charge in [0.15, 0.2) is 0 Å². The van der Waals surface area contributed by atoms with E-state index in [1.54, 1.807) is 0 Å². The Hall–Kier alpha value is -2.92. The van der Waals surface area contributed by atoms with E-state index < -0.39 is 0 Å². The van der Waals surface area contributed by atoms with Gasteiger partial charge in [0, 0.05) is 35.0 Å². The lowest BCUT2D eigenvalue weighted by Gasteiger charge is -2.24. The third-order valence-electron chi connectivity index (χ3n) is 7.63. The van der Waals surface area contributed by atoms with E-state index in [1.165, 1.54) is 18.4 Å². The fourth-order valence-electron chi connectivity index (χ4n) is 6.16. The number of anilines is 1. The molecule has 2 fully saturated rings. The van der Waals surface area contributed by atoms with Gasteiger partial charge >= 0.3 is 0 Å². The third kappa shape index (κ3) is 2.87. The highest BCUT2D eigenvalue weighted by Crippen LogP contribution is 2.47. The Morgan fingerprint density at radius 3 is 2.84 bits per heavy atom. The molecule has 1 amide bonds. The first-order valence-electron chi connectivity index (χ1n) is 11.3. The number of benzene rings is 2. The van der Waals surface area contributed by atoms with Gasteiger partial charge in [0.25, 0.3) is 5.91 Å². The molecule has 4 atom stereocenters. The van der Waals surface area contributed by atoms with Crippen molar-refractivity contribution in [3.05, 3.63) is 70.8 Å². The highest BCUT2D eigenvalue weighted by molar-refractivity contribution is 5.99. The summed E-state index contributed by atoms with van der Waals surface area (Å²) in [7, 11) is 0. The van der Waals surface area contributed by atoms with Gasteiger partial charge in [-0.2, -0.15) is 0 Å². The molecule has 2 N–H and O–H groups in total. The van der Waals surface area contributed by atoms with E-state index in [4.69, 9.17) is 10.5 Å². The van der Waals surface area contributed by atoms with Gasteiger partial charge in [0.05, 0.1) is 18.2 Å². The van der Waals surface area contributed by atoms with Crippen molar-refractivity contribution in [2.24, 2.45) is 5.92 Å². The summed E-state index contributed by atoms with van der Waals surface area (Å²) >= 11 is 0. The number of aromatic nitrogens is 1. The first-order valence-corrected chi connectivity index (χ1v) is 11.3. The number of hydrogen-bond donors (Lipinski definition) is 1. The Morgan fingerprint density at radius 2 is 2.00 bits per heavy atom. The van der Waals surface area contributed by atoms with E-state index in [0.717, 1.165) is 40.6 Å². The van der Waals surface area contributed by atoms with Crippen molar-refractivity contribution in [2.45, 2.75) is 50.9 Å². The van der Waals surface area contributed by atoms with Crippen LogP contribution in [0.1, 0.15) is 65.3 Å². The van der Waals surface area contributed by atoms with Gasteiger partial charge in [-0.3, -0.25) is 4.79 Å². The number of ether oxygens (including phenoxy) is 1. The highest BCUT2D eigenvalue weighted by Gasteiger charge is 2.46. The molecule has 2 aromatic carbocycles. The number of carbonyl (C=O) groups excluding carboxylic acids is 1. The van der Waals surface area contributed by atoms with Crippen LogP contribution in [-0.2, 0) is 11.3 Å². The normalized spacial score (nSPS) is 26.9. The topological polar surface area (TPSA) is 68.5 Å². The summed E-state index contributed by atoms with van der Waals surface area (Å²) in [6, 6.07) is 16.9. The van der Waals surface area contributed by atoms with Gasteiger partial charge < -0.3 is 15.4 Å². The predicted octanol–water partition coefficient (Wildman–Crippen LogP) is 4.82. The standard InChI is InChI=1S/C26H27N3O2/c1-15-24-21(14-31-15)19-12-17(10-11-22(19)28-25(24)27)26(30)29-13-20(16-6-3-2-4-7-16)18-8-5-9-23(18)29/h2-4,6-7,10-12,15,18,20,23H,5,8-9,13-14H2,1H3,(H2,27,28)/t15-,18+,20+,23-/m1/s1. The second-order valence-corrected chi connectivity index (χ2v) is 9.21. The smallest absolute Gasteiger partial charge is 0.254 e. The lowest BCUT2D eigenvalue weighted by Crippen LogP contribution is -2.36. The number of nitrogens with two attached hydrogens (primary N) is 1. The number of fused-ring (bicyclic) bond motifs is 4. The number of hydrogen-bond acceptors (Lipinski definition) is 4. The van der Waals surface area contributed by atoms with Gasteiger partial charge in [0.1, 0.15) is 5.82 Å². The molecule has 1 aliphatic carbocycles. The molecule has 1 saturated carbocycles. The van der Waals surface area contributed by atoms with Crippen molar-refractivity contribution in [3.63, 3.8) is 0 Å². The molecule has 6 rings (SSSR count). The van der Waals surface area contributed by atoms with E-state index in [2.05, 4.69) is 40.2 Å². The molecule has 5 heteroatoms. The summed E-state index contributed by atoms with van der Waals surface area (Å²) in [5.74, 6) is 1.66. The van der Waals surface area contributed by atoms with E-state index in [0.29, 0.717) is 30.3 Å². The van der Waals surface area contributed by atoms with Crippen molar-refractivity contribution in [3.8, 4) is 0 Å². The molecule has 0 spiro atoms. The van der Waals surface area contributed by atoms with E-state index in [1.807, 2.05) is 25.1 Å². The summed E-state index contributed by atoms with van der Waals surface area (Å²) in [6.07, 6.45) is 3.45. The van der Waals surface area contributed by atoms with Crippen LogP contribution in [-0.4, -0.2) is 28.4 Å². The van der Waals surface area contributed by atoms with Crippen LogP contribution in [0.2, 0.25) is 0 Å². The second kappa shape index (κ2) is 7.06. The van der Waals surface area contributed by atoms with Crippen molar-refractivity contribution >= 4 is 22.6 Å². The first-order chi connectivity index (χ1) is 15.1. The van der Waals surface area contributed by atoms with Crippen molar-refractivity contribution < 1.29 is 9.53 Å². The quantitative estimate of drug-likeness (QED) is 0.654. The SMILES string of the molecule is C[C@H]1OCc2c1c(N)nc1ccc(C(=O)N3C[C@@H](c4ccccc4)[C@@H]4CCC[C@H]43)cc21. The molecule has 5 nitrogen and oxygen atoms in total. The maximum absolute atomic E-state index is 13.7. The average Bonchev–Trinajstić information content (AvgIpc) is 3.49. The molecule has 3 aliphatic rings. The minimum absolute atomic E-state index is 0.0595. The Morgan fingerprint density at radius 1 is 1.16 bits per heavy atom. The minimum atomic E-state index is -0.0595. The molecule has 31 heavy (non-hydrogen) atoms. The monoisotopic (exact) mass is 413 g/mol. The minimum Gasteiger partial charge on any atom is -0.383 e. The van der Waals surface area contributed by atoms with Crippen molar-refractivity contribution in [1.82, 2.24) is 9.88 Å². The van der Waals surface area contributed by atoms with Crippen LogP contribution in [0.25, 0.3) is 10.9 Å². The van der Waals surface area contributed by atoms with Crippen LogP contribution >= 0.6 is 0 Å². The fraction of sp³-hybridized carbons (Fsp3) is 0.385. The molecule has 3 heterocycles. The Labute approximate surface area is 182 Å². The Bertz CT molecular complexity index is 1180. The van der Waals surface area contributed by atoms with E-state index >= 15 is 0 Å². The first kappa shape index (κ1) is 18.8. The largest absolute Gasteiger partial charge is 0.383 e. The Kier molecular flexibility index (Phi) is 4.29. The van der Waals surface area contributed by atoms with Gasteiger partial charge in [-0.25, -0.2) is 4.98 Å². The summed E-state index contributed by atoms with van der Waals surface area (Å²) in [5, 5.41) is 0.987. The van der Waals surface area contributed by atoms with Crippen LogP contribution in [0, 0.1) is 5.92 Å². The summed E-state index contributed by atoms with van der Waals surface area (Å²) in [4.78, 5) is 20.4. The number of nitrogens with zero attached hydrogens (tertiary/aromatic N) is 2. The maximum atomic E-state index is 13.7. The van der Waals surface area contributed by atoms with Gasteiger partial charge in [-0.05, 0) is 55.0 Å². The number of rotatable bonds is 2. The third-order valence-corrected chi connectivity index (χ3v) is 7.63. The molecule has 1 aromatic heterocycles. The van der Waals surface area contributed by atoms with Gasteiger partial charge in [-0.15, -0.1) is 0 Å². The molecular formula is C26H27N3O2. The second-order valence-electron chi connectivity index (χ2n) is 9.21. The Balaban J connectivity index is 1.37. The zero-order chi connectivity index (χ0) is 21.1. The lowest BCUT2D eigenvalue weighted by atomic mass is 9.87. The van der Waals surface area contributed by atoms with Crippen LogP contribution < -0.4 is 5.73 Å². The average molecular weight is 414 g/mol. The molecular weight excluding hydrogens is 386 g/mol. The van der Waals surface area contributed by atoms with Crippen molar-refractivity contribution in [2.75, 3.05) is 12.3 Å². The molecule has 158 valence electrons. The molecule has 0 bridgehead atoms. The predicted molar refractivity (Wildman–Crippen MR) is 121 cm³/mol. The highest BCUT2D eigenvalue weighted by atomic mass is 16.5. The lowest BCUT2D eigenvalue weighted by molar-refractivity contribution is 0.0728. The van der Waals surface area contributed by atoms with Gasteiger partial charge in [0.2, 0.25) is 0 Å². The maximum Gasteiger partial charge on any atom is 0.254 e. The summed E-state index contributed by atoms with van der Waals surface area (Å²) in [5.41, 5.74) is 11.2. The van der Waals surface area contributed by atoms with E-state index in [-0.39, 0.29) is 12.0 Å². The van der Waals surface area contributed by atoms with E-state index in [9.17, 15) is 4.79 Å². The number of carbonyl (C=O) groups is 1. The van der Waals surface area contributed by atoms with Crippen molar-refractivity contribution in [1.29, 1.82) is 0 Å². The number of pyridine rings is 1. The summed E-state index contributed by atoms with van der Waals surface area (Å²) in [6.45, 7) is 3.31. The fourth-order valence-corrected chi connectivity index (χ4v) is 6.16. The zero-order valence-electron chi connectivity index (χ0n) is 17.8. The molecule has 1 saturated heterocycles. The van der Waals surface area contributed by atoms with Crippen LogP contribution in [0.4, 0.5) is 5.82 Å². The van der Waals surface area contributed by atoms with Crippen LogP contribution in [0.15, 0.2) is 48.5 Å². The number of nitrogen functional groups attached to an aromatic ring is 1. The zero-order valence-corrected chi connectivity index (χ0v) is 17.8. The van der Waals surface area contributed by atoms with Crippen LogP contribution in [0.5, 0.6) is 0 Å². The number of amides is 1. The van der Waals surface area contributed by atoms with Gasteiger partial charge in [-0.1, -0.05) is 36.8 Å².